The first-order valence-corrected chi connectivity index (χ1v) is 14.5. The number of hydrogen-bond donors (Lipinski definition) is 3. The smallest absolute Gasteiger partial charge is 0.416 e. The van der Waals surface area contributed by atoms with E-state index >= 15 is 0 Å². The summed E-state index contributed by atoms with van der Waals surface area (Å²) in [4.78, 5) is 37.5. The molecule has 0 radical (unpaired) electrons. The van der Waals surface area contributed by atoms with Gasteiger partial charge in [-0.2, -0.15) is 18.3 Å². The average Bonchev–Trinajstić information content (AvgIpc) is 3.64. The summed E-state index contributed by atoms with van der Waals surface area (Å²) in [5, 5.41) is 13.7. The van der Waals surface area contributed by atoms with Gasteiger partial charge in [-0.05, 0) is 62.7 Å². The molecule has 45 heavy (non-hydrogen) atoms. The Hall–Kier alpha value is -4.98. The first-order valence-electron chi connectivity index (χ1n) is 14.5. The van der Waals surface area contributed by atoms with Crippen LogP contribution in [0.1, 0.15) is 35.2 Å². The molecule has 1 aliphatic heterocycles. The lowest BCUT2D eigenvalue weighted by Crippen LogP contribution is -2.30. The highest BCUT2D eigenvalue weighted by atomic mass is 19.4. The van der Waals surface area contributed by atoms with Gasteiger partial charge in [0.05, 0.1) is 5.56 Å². The second kappa shape index (κ2) is 12.6. The number of amides is 2. The van der Waals surface area contributed by atoms with Crippen LogP contribution in [0.25, 0.3) is 11.0 Å². The average molecular weight is 621 g/mol. The first-order chi connectivity index (χ1) is 21.6. The predicted molar refractivity (Wildman–Crippen MR) is 161 cm³/mol. The first kappa shape index (κ1) is 30.1. The zero-order valence-corrected chi connectivity index (χ0v) is 24.3. The van der Waals surface area contributed by atoms with Gasteiger partial charge in [0.1, 0.15) is 22.7 Å². The third-order valence-corrected chi connectivity index (χ3v) is 7.76. The van der Waals surface area contributed by atoms with Crippen molar-refractivity contribution >= 4 is 34.5 Å². The van der Waals surface area contributed by atoms with Crippen LogP contribution in [0.2, 0.25) is 0 Å². The van der Waals surface area contributed by atoms with Crippen molar-refractivity contribution in [2.75, 3.05) is 37.3 Å². The van der Waals surface area contributed by atoms with Gasteiger partial charge in [-0.25, -0.2) is 9.97 Å². The van der Waals surface area contributed by atoms with E-state index in [1.54, 1.807) is 30.5 Å². The van der Waals surface area contributed by atoms with Crippen molar-refractivity contribution < 1.29 is 27.5 Å². The Morgan fingerprint density at radius 2 is 1.89 bits per heavy atom. The summed E-state index contributed by atoms with van der Waals surface area (Å²) in [7, 11) is 2.07. The van der Waals surface area contributed by atoms with Gasteiger partial charge in [0.25, 0.3) is 5.91 Å². The van der Waals surface area contributed by atoms with Gasteiger partial charge in [0, 0.05) is 61.8 Å². The molecular weight excluding hydrogens is 589 g/mol. The standard InChI is InChI=1S/C31H31F3N8O3/c1-41(22-6-7-22)15-2-3-26(43)42-16-12-21(18-42)37-29-27-24(11-14-36-28(27)39-40-29)45-23-8-4-19(5-9-23)30(44)38-25-17-20(10-13-35-25)31(32,33)34/h2-5,8-11,13-14,17,21-22H,6-7,12,15-16,18H2,1H3,(H,35,38,44)(H2,36,37,39,40). The number of fused-ring (bicyclic) bond motifs is 1. The third-order valence-electron chi connectivity index (χ3n) is 7.76. The predicted octanol–water partition coefficient (Wildman–Crippen LogP) is 5.08. The van der Waals surface area contributed by atoms with Crippen LogP contribution >= 0.6 is 0 Å². The van der Waals surface area contributed by atoms with E-state index in [1.807, 2.05) is 11.0 Å². The molecule has 14 heteroatoms. The lowest BCUT2D eigenvalue weighted by Gasteiger charge is -2.16. The molecule has 4 heterocycles. The number of carbonyl (C=O) groups excluding carboxylic acids is 2. The molecule has 4 aromatic rings. The van der Waals surface area contributed by atoms with Gasteiger partial charge >= 0.3 is 6.18 Å². The summed E-state index contributed by atoms with van der Waals surface area (Å²) in [5.74, 6) is 0.585. The van der Waals surface area contributed by atoms with E-state index in [0.717, 1.165) is 31.3 Å². The number of carbonyl (C=O) groups is 2. The fourth-order valence-electron chi connectivity index (χ4n) is 5.14. The molecule has 2 fully saturated rings. The molecule has 3 N–H and O–H groups in total. The number of hydrogen-bond acceptors (Lipinski definition) is 8. The van der Waals surface area contributed by atoms with Crippen molar-refractivity contribution in [2.45, 2.75) is 37.5 Å². The molecule has 1 unspecified atom stereocenters. The maximum absolute atomic E-state index is 13.0. The number of aromatic nitrogens is 4. The molecule has 234 valence electrons. The number of alkyl halides is 3. The van der Waals surface area contributed by atoms with E-state index in [1.165, 1.54) is 25.0 Å². The number of nitrogens with zero attached hydrogens (tertiary/aromatic N) is 5. The molecule has 1 saturated carbocycles. The van der Waals surface area contributed by atoms with Crippen LogP contribution in [0.3, 0.4) is 0 Å². The number of aromatic amines is 1. The van der Waals surface area contributed by atoms with Crippen molar-refractivity contribution in [2.24, 2.45) is 0 Å². The Kier molecular flexibility index (Phi) is 8.39. The zero-order valence-electron chi connectivity index (χ0n) is 24.3. The maximum Gasteiger partial charge on any atom is 0.416 e. The summed E-state index contributed by atoms with van der Waals surface area (Å²) < 4.78 is 45.1. The maximum atomic E-state index is 13.0. The van der Waals surface area contributed by atoms with Crippen LogP contribution < -0.4 is 15.4 Å². The highest BCUT2D eigenvalue weighted by Crippen LogP contribution is 2.34. The van der Waals surface area contributed by atoms with Gasteiger partial charge < -0.3 is 20.3 Å². The molecule has 1 aliphatic carbocycles. The Morgan fingerprint density at radius 3 is 2.64 bits per heavy atom. The summed E-state index contributed by atoms with van der Waals surface area (Å²) in [6.45, 7) is 1.92. The van der Waals surface area contributed by atoms with Crippen LogP contribution in [0.4, 0.5) is 24.8 Å². The molecular formula is C31H31F3N8O3. The second-order valence-corrected chi connectivity index (χ2v) is 11.1. The van der Waals surface area contributed by atoms with Crippen molar-refractivity contribution in [3.63, 3.8) is 0 Å². The minimum atomic E-state index is -4.55. The van der Waals surface area contributed by atoms with Crippen LogP contribution in [0.15, 0.2) is 67.0 Å². The summed E-state index contributed by atoms with van der Waals surface area (Å²) >= 11 is 0. The monoisotopic (exact) mass is 620 g/mol. The summed E-state index contributed by atoms with van der Waals surface area (Å²) in [6.07, 6.45) is 4.78. The van der Waals surface area contributed by atoms with Crippen molar-refractivity contribution in [1.29, 1.82) is 0 Å². The van der Waals surface area contributed by atoms with E-state index < -0.39 is 17.6 Å². The molecule has 0 spiro atoms. The minimum absolute atomic E-state index is 0.00992. The number of ether oxygens (including phenoxy) is 1. The SMILES string of the molecule is CN(CC=CC(=O)N1CCC(Nc2n[nH]c3nccc(Oc4ccc(C(=O)Nc5cc(C(F)(F)F)ccn5)cc4)c23)C1)C1CC1. The highest BCUT2D eigenvalue weighted by molar-refractivity contribution is 6.03. The number of likely N-dealkylation sites (tertiary alicyclic amines) is 1. The Labute approximate surface area is 256 Å². The molecule has 11 nitrogen and oxygen atoms in total. The van der Waals surface area contributed by atoms with Crippen LogP contribution in [0, 0.1) is 0 Å². The number of benzene rings is 1. The number of rotatable bonds is 10. The molecule has 1 aromatic carbocycles. The fourth-order valence-corrected chi connectivity index (χ4v) is 5.14. The number of H-pyrrole nitrogens is 1. The summed E-state index contributed by atoms with van der Waals surface area (Å²) in [6, 6.07) is 10.1. The minimum Gasteiger partial charge on any atom is -0.456 e. The Bertz CT molecular complexity index is 1720. The van der Waals surface area contributed by atoms with E-state index in [4.69, 9.17) is 4.74 Å². The van der Waals surface area contributed by atoms with Crippen LogP contribution in [-0.4, -0.2) is 80.5 Å². The zero-order chi connectivity index (χ0) is 31.6. The van der Waals surface area contributed by atoms with Gasteiger partial charge in [0.2, 0.25) is 5.91 Å². The van der Waals surface area contributed by atoms with E-state index in [-0.39, 0.29) is 23.3 Å². The molecule has 0 bridgehead atoms. The van der Waals surface area contributed by atoms with E-state index in [2.05, 4.69) is 42.7 Å². The van der Waals surface area contributed by atoms with Crippen LogP contribution in [-0.2, 0) is 11.0 Å². The molecule has 1 atom stereocenters. The Morgan fingerprint density at radius 1 is 1.11 bits per heavy atom. The van der Waals surface area contributed by atoms with Crippen molar-refractivity contribution in [1.82, 2.24) is 30.0 Å². The number of pyridine rings is 2. The molecule has 6 rings (SSSR count). The molecule has 2 amide bonds. The third kappa shape index (κ3) is 7.23. The largest absolute Gasteiger partial charge is 0.456 e. The number of halogens is 3. The number of likely N-dealkylation sites (N-methyl/N-ethyl adjacent to an activating group) is 1. The second-order valence-electron chi connectivity index (χ2n) is 11.1. The topological polar surface area (TPSA) is 128 Å². The molecule has 2 aliphatic rings. The van der Waals surface area contributed by atoms with Gasteiger partial charge in [-0.3, -0.25) is 19.6 Å². The van der Waals surface area contributed by atoms with E-state index in [9.17, 15) is 22.8 Å². The molecule has 1 saturated heterocycles. The lowest BCUT2D eigenvalue weighted by molar-refractivity contribution is -0.137. The van der Waals surface area contributed by atoms with Gasteiger partial charge in [0.15, 0.2) is 11.5 Å². The Balaban J connectivity index is 1.08. The lowest BCUT2D eigenvalue weighted by atomic mass is 10.2. The van der Waals surface area contributed by atoms with Gasteiger partial charge in [-0.1, -0.05) is 6.08 Å². The number of nitrogens with one attached hydrogen (secondary N) is 3. The highest BCUT2D eigenvalue weighted by Gasteiger charge is 2.31. The summed E-state index contributed by atoms with van der Waals surface area (Å²) in [5.41, 5.74) is -0.197. The number of anilines is 2. The van der Waals surface area contributed by atoms with E-state index in [0.29, 0.717) is 47.5 Å². The normalized spacial score (nSPS) is 16.9. The van der Waals surface area contributed by atoms with Crippen molar-refractivity contribution in [3.05, 3.63) is 78.1 Å². The van der Waals surface area contributed by atoms with Crippen LogP contribution in [0.5, 0.6) is 11.5 Å². The molecule has 3 aromatic heterocycles. The fraction of sp³-hybridized carbons (Fsp3) is 0.323. The quantitative estimate of drug-likeness (QED) is 0.210. The van der Waals surface area contributed by atoms with Gasteiger partial charge in [-0.15, -0.1) is 0 Å². The van der Waals surface area contributed by atoms with Crippen molar-refractivity contribution in [3.8, 4) is 11.5 Å².